The number of hydrogen-bond donors (Lipinski definition) is 2. The van der Waals surface area contributed by atoms with Crippen LogP contribution in [0.25, 0.3) is 0 Å². The van der Waals surface area contributed by atoms with Crippen LogP contribution in [-0.2, 0) is 4.74 Å². The molecule has 4 aromatic carbocycles. The van der Waals surface area contributed by atoms with E-state index in [-0.39, 0.29) is 11.6 Å². The van der Waals surface area contributed by atoms with E-state index in [9.17, 15) is 9.90 Å². The second-order valence-corrected chi connectivity index (χ2v) is 20.6. The first-order chi connectivity index (χ1) is 26.6. The van der Waals surface area contributed by atoms with Gasteiger partial charge in [0.25, 0.3) is 0 Å². The third kappa shape index (κ3) is 17.1. The minimum atomic E-state index is -0.434. The maximum atomic E-state index is 10.7. The minimum Gasteiger partial charge on any atom is -0.388 e. The van der Waals surface area contributed by atoms with Crippen LogP contribution in [0.2, 0.25) is 0 Å². The third-order valence-corrected chi connectivity index (χ3v) is 10.6. The number of carbonyl (C=O) groups excluding carboxylic acids is 1. The molecule has 3 aliphatic rings. The summed E-state index contributed by atoms with van der Waals surface area (Å²) in [6.45, 7) is 22.6. The highest BCUT2D eigenvalue weighted by atomic mass is 79.9. The van der Waals surface area contributed by atoms with Crippen molar-refractivity contribution in [2.75, 3.05) is 85.2 Å². The molecule has 3 fully saturated rings. The fourth-order valence-electron chi connectivity index (χ4n) is 6.39. The second kappa shape index (κ2) is 23.6. The number of alkyl halides is 1. The monoisotopic (exact) mass is 971 g/mol. The van der Waals surface area contributed by atoms with Gasteiger partial charge < -0.3 is 35.6 Å². The molecule has 0 saturated carbocycles. The van der Waals surface area contributed by atoms with Crippen LogP contribution in [0.15, 0.2) is 106 Å². The van der Waals surface area contributed by atoms with Gasteiger partial charge in [-0.15, -0.1) is 0 Å². The molecular formula is C46H64Br3N5O3. The van der Waals surface area contributed by atoms with Crippen LogP contribution >= 0.6 is 47.8 Å². The van der Waals surface area contributed by atoms with Crippen molar-refractivity contribution >= 4 is 76.8 Å². The molecule has 1 unspecified atom stereocenters. The molecule has 3 saturated heterocycles. The van der Waals surface area contributed by atoms with Crippen LogP contribution in [0.1, 0.15) is 76.4 Å². The molecular weight excluding hydrogens is 910 g/mol. The molecule has 0 aliphatic carbocycles. The van der Waals surface area contributed by atoms with Gasteiger partial charge in [-0.3, -0.25) is 4.79 Å². The van der Waals surface area contributed by atoms with Gasteiger partial charge in [0.05, 0.1) is 6.10 Å². The molecule has 0 spiro atoms. The summed E-state index contributed by atoms with van der Waals surface area (Å²) in [5, 5.41) is 10.4. The summed E-state index contributed by atoms with van der Waals surface area (Å²) in [5.41, 5.74) is 6.56. The highest BCUT2D eigenvalue weighted by Crippen LogP contribution is 2.33. The molecule has 7 rings (SSSR count). The van der Waals surface area contributed by atoms with Gasteiger partial charge in [-0.2, -0.15) is 0 Å². The second-order valence-electron chi connectivity index (χ2n) is 16.4. The molecule has 8 nitrogen and oxygen atoms in total. The fraction of sp³-hybridized carbons (Fsp3) is 0.457. The molecule has 0 amide bonds. The van der Waals surface area contributed by atoms with Crippen molar-refractivity contribution in [3.63, 3.8) is 0 Å². The predicted octanol–water partition coefficient (Wildman–Crippen LogP) is 11.6. The molecule has 1 atom stereocenters. The summed E-state index contributed by atoms with van der Waals surface area (Å²) in [6, 6.07) is 33.2. The Morgan fingerprint density at radius 1 is 0.561 bits per heavy atom. The van der Waals surface area contributed by atoms with Gasteiger partial charge in [0.1, 0.15) is 6.29 Å². The zero-order valence-electron chi connectivity index (χ0n) is 34.8. The van der Waals surface area contributed by atoms with Crippen LogP contribution in [-0.4, -0.2) is 81.3 Å². The number of aliphatic hydroxyl groups is 1. The van der Waals surface area contributed by atoms with Crippen molar-refractivity contribution in [2.45, 2.75) is 64.8 Å². The van der Waals surface area contributed by atoms with Crippen LogP contribution in [0.5, 0.6) is 0 Å². The van der Waals surface area contributed by atoms with Crippen LogP contribution in [0.4, 0.5) is 22.7 Å². The van der Waals surface area contributed by atoms with E-state index in [1.807, 2.05) is 24.3 Å². The quantitative estimate of drug-likeness (QED) is 0.146. The Hall–Kier alpha value is -2.93. The van der Waals surface area contributed by atoms with Gasteiger partial charge in [-0.1, -0.05) is 101 Å². The summed E-state index contributed by atoms with van der Waals surface area (Å²) in [7, 11) is 0. The lowest BCUT2D eigenvalue weighted by Crippen LogP contribution is -2.46. The first-order valence-electron chi connectivity index (χ1n) is 19.7. The average molecular weight is 975 g/mol. The molecule has 312 valence electrons. The first kappa shape index (κ1) is 48.4. The molecule has 4 N–H and O–H groups in total. The van der Waals surface area contributed by atoms with E-state index >= 15 is 0 Å². The van der Waals surface area contributed by atoms with Crippen molar-refractivity contribution < 1.29 is 14.6 Å². The number of halogens is 3. The lowest BCUT2D eigenvalue weighted by atomic mass is 9.85. The lowest BCUT2D eigenvalue weighted by Gasteiger charge is -2.37. The van der Waals surface area contributed by atoms with Crippen molar-refractivity contribution in [1.29, 1.82) is 0 Å². The molecule has 0 radical (unpaired) electrons. The van der Waals surface area contributed by atoms with Gasteiger partial charge in [-0.05, 0) is 109 Å². The number of anilines is 4. The largest absolute Gasteiger partial charge is 0.388 e. The molecule has 4 aromatic rings. The first-order valence-corrected chi connectivity index (χ1v) is 22.1. The van der Waals surface area contributed by atoms with E-state index in [0.717, 1.165) is 91.9 Å². The SMILES string of the molecule is C1CCOC1.CC(C)(C)Br.CC(C)(C)C(O)c1ccc(N2CCN(c3ccc(Br)cc3)CC2)cc1.N.O=Cc1ccc(N2CCN(c3ccc(Br)cc3)CC2)cc1. The lowest BCUT2D eigenvalue weighted by molar-refractivity contribution is 0.0627. The topological polar surface area (TPSA) is 94.5 Å². The van der Waals surface area contributed by atoms with Gasteiger partial charge in [0.2, 0.25) is 0 Å². The van der Waals surface area contributed by atoms with Crippen LogP contribution < -0.4 is 25.8 Å². The highest BCUT2D eigenvalue weighted by molar-refractivity contribution is 9.11. The van der Waals surface area contributed by atoms with E-state index in [2.05, 4.69) is 182 Å². The number of rotatable bonds is 6. The van der Waals surface area contributed by atoms with Gasteiger partial charge >= 0.3 is 0 Å². The maximum absolute atomic E-state index is 10.7. The van der Waals surface area contributed by atoms with Crippen molar-refractivity contribution in [3.8, 4) is 0 Å². The smallest absolute Gasteiger partial charge is 0.150 e. The van der Waals surface area contributed by atoms with Crippen LogP contribution in [0.3, 0.4) is 0 Å². The number of nitrogens with zero attached hydrogens (tertiary/aromatic N) is 4. The summed E-state index contributed by atoms with van der Waals surface area (Å²) in [6.07, 6.45) is 3.01. The maximum Gasteiger partial charge on any atom is 0.150 e. The number of ether oxygens (including phenoxy) is 1. The van der Waals surface area contributed by atoms with E-state index in [0.29, 0.717) is 4.32 Å². The summed E-state index contributed by atoms with van der Waals surface area (Å²) < 4.78 is 7.49. The zero-order valence-corrected chi connectivity index (χ0v) is 39.5. The molecule has 3 aliphatic heterocycles. The number of aliphatic hydroxyl groups excluding tert-OH is 1. The van der Waals surface area contributed by atoms with Gasteiger partial charge in [-0.25, -0.2) is 0 Å². The molecule has 11 heteroatoms. The van der Waals surface area contributed by atoms with E-state index in [4.69, 9.17) is 4.74 Å². The number of benzene rings is 4. The summed E-state index contributed by atoms with van der Waals surface area (Å²) in [5.74, 6) is 0. The Morgan fingerprint density at radius 3 is 1.09 bits per heavy atom. The predicted molar refractivity (Wildman–Crippen MR) is 254 cm³/mol. The minimum absolute atomic E-state index is 0. The Bertz CT molecular complexity index is 1690. The molecule has 0 bridgehead atoms. The average Bonchev–Trinajstić information content (AvgIpc) is 3.79. The number of aldehydes is 1. The normalized spacial score (nSPS) is 16.1. The van der Waals surface area contributed by atoms with Crippen LogP contribution in [0, 0.1) is 5.41 Å². The number of carbonyl (C=O) groups is 1. The van der Waals surface area contributed by atoms with E-state index < -0.39 is 6.10 Å². The third-order valence-electron chi connectivity index (χ3n) is 9.56. The Morgan fingerprint density at radius 2 is 0.842 bits per heavy atom. The fourth-order valence-corrected chi connectivity index (χ4v) is 6.92. The molecule has 57 heavy (non-hydrogen) atoms. The standard InChI is InChI=1S/C21H27BrN2O.C17H17BrN2O.C4H9Br.C4H8O.H3N/c1-21(2,3)20(25)16-4-8-18(9-5-16)23-12-14-24(15-13-23)19-10-6-17(22)7-11-19;18-15-3-7-17(8-4-15)20-11-9-19(10-12-20)16-5-1-14(13-21)2-6-16;1-4(2,3)5;1-2-4-5-3-1;/h4-11,20,25H,12-15H2,1-3H3;1-8,13H,9-12H2;1-3H3;1-4H2;1H3. The zero-order chi connectivity index (χ0) is 40.7. The molecule has 3 heterocycles. The Kier molecular flexibility index (Phi) is 20.1. The summed E-state index contributed by atoms with van der Waals surface area (Å²) >= 11 is 10.3. The number of piperazine rings is 2. The van der Waals surface area contributed by atoms with Gasteiger partial charge in [0, 0.05) is 107 Å². The van der Waals surface area contributed by atoms with E-state index in [1.54, 1.807) is 0 Å². The van der Waals surface area contributed by atoms with Gasteiger partial charge in [0.15, 0.2) is 0 Å². The highest BCUT2D eigenvalue weighted by Gasteiger charge is 2.24. The van der Waals surface area contributed by atoms with E-state index in [1.165, 1.54) is 35.6 Å². The van der Waals surface area contributed by atoms with Crippen molar-refractivity contribution in [2.24, 2.45) is 5.41 Å². The van der Waals surface area contributed by atoms with Crippen molar-refractivity contribution in [3.05, 3.63) is 117 Å². The Labute approximate surface area is 367 Å². The summed E-state index contributed by atoms with van der Waals surface area (Å²) in [4.78, 5) is 20.3. The van der Waals surface area contributed by atoms with Crippen molar-refractivity contribution in [1.82, 2.24) is 6.15 Å². The molecule has 0 aromatic heterocycles. The number of hydrogen-bond acceptors (Lipinski definition) is 8. The Balaban J connectivity index is 0.000000244.